The quantitative estimate of drug-likeness (QED) is 0.679. The van der Waals surface area contributed by atoms with E-state index >= 15 is 0 Å². The number of sulfone groups is 1. The van der Waals surface area contributed by atoms with Crippen molar-refractivity contribution in [3.63, 3.8) is 0 Å². The van der Waals surface area contributed by atoms with Gasteiger partial charge in [-0.15, -0.1) is 10.2 Å². The molecular weight excluding hydrogens is 384 g/mol. The van der Waals surface area contributed by atoms with Crippen molar-refractivity contribution in [3.05, 3.63) is 29.8 Å². The smallest absolute Gasteiger partial charge is 0.233 e. The van der Waals surface area contributed by atoms with Gasteiger partial charge in [-0.25, -0.2) is 8.42 Å². The van der Waals surface area contributed by atoms with Gasteiger partial charge in [0.1, 0.15) is 0 Å². The first-order chi connectivity index (χ1) is 12.8. The summed E-state index contributed by atoms with van der Waals surface area (Å²) in [5.41, 5.74) is 2.12. The second-order valence-corrected chi connectivity index (χ2v) is 9.88. The number of carbonyl (C=O) groups is 1. The van der Waals surface area contributed by atoms with Crippen LogP contribution < -0.4 is 0 Å². The second-order valence-electron chi connectivity index (χ2n) is 6.71. The number of rotatable bonds is 6. The summed E-state index contributed by atoms with van der Waals surface area (Å²) in [6, 6.07) is 7.75. The van der Waals surface area contributed by atoms with E-state index in [0.717, 1.165) is 17.0 Å². The van der Waals surface area contributed by atoms with Crippen LogP contribution in [0, 0.1) is 6.92 Å². The summed E-state index contributed by atoms with van der Waals surface area (Å²) in [6.45, 7) is 4.41. The number of thioether (sulfide) groups is 1. The molecule has 1 saturated heterocycles. The van der Waals surface area contributed by atoms with Crippen LogP contribution in [-0.2, 0) is 21.7 Å². The maximum Gasteiger partial charge on any atom is 0.233 e. The molecule has 2 heterocycles. The number of benzene rings is 1. The van der Waals surface area contributed by atoms with Gasteiger partial charge in [-0.2, -0.15) is 0 Å². The number of nitrogens with zero attached hydrogens (tertiary/aromatic N) is 4. The normalized spacial score (nSPS) is 18.6. The molecule has 0 unspecified atom stereocenters. The van der Waals surface area contributed by atoms with E-state index in [1.807, 2.05) is 49.7 Å². The lowest BCUT2D eigenvalue weighted by Crippen LogP contribution is -2.42. The van der Waals surface area contributed by atoms with Gasteiger partial charge in [0.05, 0.1) is 17.3 Å². The van der Waals surface area contributed by atoms with Gasteiger partial charge in [0.2, 0.25) is 5.91 Å². The van der Waals surface area contributed by atoms with Crippen LogP contribution in [-0.4, -0.2) is 63.8 Å². The highest BCUT2D eigenvalue weighted by Gasteiger charge is 2.33. The van der Waals surface area contributed by atoms with Gasteiger partial charge in [-0.1, -0.05) is 36.0 Å². The van der Waals surface area contributed by atoms with E-state index in [1.54, 1.807) is 4.90 Å². The van der Waals surface area contributed by atoms with Crippen molar-refractivity contribution >= 4 is 27.5 Å². The van der Waals surface area contributed by atoms with Gasteiger partial charge in [0, 0.05) is 25.2 Å². The van der Waals surface area contributed by atoms with Crippen LogP contribution in [0.25, 0.3) is 11.4 Å². The van der Waals surface area contributed by atoms with Crippen LogP contribution >= 0.6 is 11.8 Å². The van der Waals surface area contributed by atoms with E-state index in [0.29, 0.717) is 18.1 Å². The molecule has 1 amide bonds. The molecule has 1 aromatic heterocycles. The van der Waals surface area contributed by atoms with Gasteiger partial charge in [0.15, 0.2) is 20.8 Å². The highest BCUT2D eigenvalue weighted by molar-refractivity contribution is 7.99. The van der Waals surface area contributed by atoms with Crippen molar-refractivity contribution in [3.8, 4) is 11.4 Å². The highest BCUT2D eigenvalue weighted by atomic mass is 32.2. The summed E-state index contributed by atoms with van der Waals surface area (Å²) < 4.78 is 25.3. The highest BCUT2D eigenvalue weighted by Crippen LogP contribution is 2.26. The molecule has 0 saturated carbocycles. The first-order valence-corrected chi connectivity index (χ1v) is 11.7. The lowest BCUT2D eigenvalue weighted by atomic mass is 10.1. The molecule has 0 aliphatic carbocycles. The Balaban J connectivity index is 1.68. The molecule has 27 heavy (non-hydrogen) atoms. The molecular formula is C18H24N4O3S2. The fraction of sp³-hybridized carbons (Fsp3) is 0.500. The van der Waals surface area contributed by atoms with Crippen LogP contribution in [0.5, 0.6) is 0 Å². The lowest BCUT2D eigenvalue weighted by Gasteiger charge is -2.26. The maximum atomic E-state index is 12.6. The van der Waals surface area contributed by atoms with Gasteiger partial charge in [0.25, 0.3) is 0 Å². The molecule has 7 nitrogen and oxygen atoms in total. The average Bonchev–Trinajstić information content (AvgIpc) is 3.16. The lowest BCUT2D eigenvalue weighted by molar-refractivity contribution is -0.129. The minimum absolute atomic E-state index is 0.0648. The molecule has 1 aliphatic rings. The molecule has 1 aliphatic heterocycles. The van der Waals surface area contributed by atoms with E-state index in [-0.39, 0.29) is 29.2 Å². The first kappa shape index (κ1) is 19.9. The maximum absolute atomic E-state index is 12.6. The number of hydrogen-bond acceptors (Lipinski definition) is 6. The third-order valence-corrected chi connectivity index (χ3v) is 7.61. The van der Waals surface area contributed by atoms with Crippen molar-refractivity contribution in [2.45, 2.75) is 31.5 Å². The number of aryl methyl sites for hydroxylation is 1. The van der Waals surface area contributed by atoms with E-state index in [4.69, 9.17) is 0 Å². The molecule has 9 heteroatoms. The Morgan fingerprint density at radius 1 is 1.33 bits per heavy atom. The van der Waals surface area contributed by atoms with Crippen LogP contribution in [0.4, 0.5) is 0 Å². The Morgan fingerprint density at radius 2 is 2.07 bits per heavy atom. The SMILES string of the molecule is CCN(C(=O)CSc1nnc(-c2ccccc2C)n1C)[C@@H]1CCS(=O)(=O)C1. The van der Waals surface area contributed by atoms with E-state index in [2.05, 4.69) is 10.2 Å². The van der Waals surface area contributed by atoms with Crippen LogP contribution in [0.2, 0.25) is 0 Å². The molecule has 0 spiro atoms. The molecule has 1 fully saturated rings. The summed E-state index contributed by atoms with van der Waals surface area (Å²) in [5.74, 6) is 1.14. The summed E-state index contributed by atoms with van der Waals surface area (Å²) >= 11 is 1.33. The summed E-state index contributed by atoms with van der Waals surface area (Å²) in [4.78, 5) is 14.3. The number of aromatic nitrogens is 3. The topological polar surface area (TPSA) is 85.2 Å². The Labute approximate surface area is 164 Å². The molecule has 146 valence electrons. The van der Waals surface area contributed by atoms with Gasteiger partial charge >= 0.3 is 0 Å². The Morgan fingerprint density at radius 3 is 2.70 bits per heavy atom. The second kappa shape index (κ2) is 8.02. The fourth-order valence-electron chi connectivity index (χ4n) is 3.37. The van der Waals surface area contributed by atoms with Crippen molar-refractivity contribution < 1.29 is 13.2 Å². The zero-order valence-corrected chi connectivity index (χ0v) is 17.4. The Kier molecular flexibility index (Phi) is 5.90. The third kappa shape index (κ3) is 4.35. The fourth-order valence-corrected chi connectivity index (χ4v) is 5.90. The standard InChI is InChI=1S/C18H24N4O3S2/c1-4-22(14-9-10-27(24,25)12-14)16(23)11-26-18-20-19-17(21(18)3)15-8-6-5-7-13(15)2/h5-8,14H,4,9-12H2,1-3H3/t14-/m1/s1. The Hall–Kier alpha value is -1.87. The van der Waals surface area contributed by atoms with Crippen molar-refractivity contribution in [1.82, 2.24) is 19.7 Å². The monoisotopic (exact) mass is 408 g/mol. The molecule has 0 radical (unpaired) electrons. The summed E-state index contributed by atoms with van der Waals surface area (Å²) in [6.07, 6.45) is 0.522. The van der Waals surface area contributed by atoms with Gasteiger partial charge in [-0.05, 0) is 25.8 Å². The summed E-state index contributed by atoms with van der Waals surface area (Å²) in [7, 11) is -1.13. The van der Waals surface area contributed by atoms with Gasteiger partial charge < -0.3 is 9.47 Å². The van der Waals surface area contributed by atoms with E-state index in [9.17, 15) is 13.2 Å². The molecule has 1 aromatic carbocycles. The average molecular weight is 409 g/mol. The molecule has 2 aromatic rings. The first-order valence-electron chi connectivity index (χ1n) is 8.90. The minimum Gasteiger partial charge on any atom is -0.338 e. The zero-order valence-electron chi connectivity index (χ0n) is 15.8. The summed E-state index contributed by atoms with van der Waals surface area (Å²) in [5, 5.41) is 9.16. The van der Waals surface area contributed by atoms with Crippen molar-refractivity contribution in [1.29, 1.82) is 0 Å². The van der Waals surface area contributed by atoms with Gasteiger partial charge in [-0.3, -0.25) is 4.79 Å². The molecule has 0 N–H and O–H groups in total. The van der Waals surface area contributed by atoms with Crippen LogP contribution in [0.15, 0.2) is 29.4 Å². The van der Waals surface area contributed by atoms with Crippen LogP contribution in [0.1, 0.15) is 18.9 Å². The zero-order chi connectivity index (χ0) is 19.6. The number of carbonyl (C=O) groups excluding carboxylic acids is 1. The van der Waals surface area contributed by atoms with E-state index in [1.165, 1.54) is 11.8 Å². The van der Waals surface area contributed by atoms with Crippen LogP contribution in [0.3, 0.4) is 0 Å². The molecule has 3 rings (SSSR count). The third-order valence-electron chi connectivity index (χ3n) is 4.86. The van der Waals surface area contributed by atoms with E-state index < -0.39 is 9.84 Å². The minimum atomic E-state index is -3.02. The molecule has 0 bridgehead atoms. The number of amides is 1. The number of hydrogen-bond donors (Lipinski definition) is 0. The Bertz CT molecular complexity index is 940. The molecule has 1 atom stereocenters. The largest absolute Gasteiger partial charge is 0.338 e. The predicted octanol–water partition coefficient (Wildman–Crippen LogP) is 1.92. The van der Waals surface area contributed by atoms with Crippen molar-refractivity contribution in [2.24, 2.45) is 7.05 Å². The van der Waals surface area contributed by atoms with Crippen molar-refractivity contribution in [2.75, 3.05) is 23.8 Å². The predicted molar refractivity (Wildman–Crippen MR) is 106 cm³/mol.